The molecule has 0 aromatic carbocycles. The van der Waals surface area contributed by atoms with E-state index in [1.165, 1.54) is 0 Å². The van der Waals surface area contributed by atoms with E-state index in [1.807, 2.05) is 0 Å². The van der Waals surface area contributed by atoms with Crippen LogP contribution in [0.1, 0.15) is 5.56 Å². The summed E-state index contributed by atoms with van der Waals surface area (Å²) in [5.74, 6) is -0.0355. The van der Waals surface area contributed by atoms with Gasteiger partial charge in [0.25, 0.3) is 0 Å². The summed E-state index contributed by atoms with van der Waals surface area (Å²) >= 11 is 0. The van der Waals surface area contributed by atoms with Crippen LogP contribution in [0.2, 0.25) is 0 Å². The molecule has 0 bridgehead atoms. The molecule has 4 heteroatoms. The molecule has 0 aliphatic heterocycles. The van der Waals surface area contributed by atoms with Crippen LogP contribution in [-0.2, 0) is 15.6 Å². The number of hydrogen-bond donors (Lipinski definition) is 0. The second-order valence-corrected chi connectivity index (χ2v) is 4.64. The Morgan fingerprint density at radius 3 is 2.75 bits per heavy atom. The van der Waals surface area contributed by atoms with Gasteiger partial charge < -0.3 is 0 Å². The van der Waals surface area contributed by atoms with Gasteiger partial charge in [-0.2, -0.15) is 0 Å². The molecule has 0 amide bonds. The standard InChI is InChI=1S/C8H10NO2S/c1-2-12(10,11)7-8-4-3-5-9-6-8/h3-6H,1-2,7H2. The molecule has 0 atom stereocenters. The van der Waals surface area contributed by atoms with Crippen molar-refractivity contribution < 1.29 is 8.42 Å². The maximum atomic E-state index is 11.1. The first-order valence-corrected chi connectivity index (χ1v) is 5.35. The average molecular weight is 184 g/mol. The summed E-state index contributed by atoms with van der Waals surface area (Å²) in [6, 6.07) is 3.45. The molecule has 1 radical (unpaired) electrons. The van der Waals surface area contributed by atoms with Crippen molar-refractivity contribution in [2.75, 3.05) is 5.75 Å². The van der Waals surface area contributed by atoms with E-state index in [0.717, 1.165) is 0 Å². The van der Waals surface area contributed by atoms with E-state index in [2.05, 4.69) is 11.9 Å². The fourth-order valence-corrected chi connectivity index (χ4v) is 1.63. The van der Waals surface area contributed by atoms with E-state index in [9.17, 15) is 8.42 Å². The summed E-state index contributed by atoms with van der Waals surface area (Å²) in [5.41, 5.74) is 0.709. The topological polar surface area (TPSA) is 47.0 Å². The maximum absolute atomic E-state index is 11.1. The van der Waals surface area contributed by atoms with Crippen LogP contribution < -0.4 is 0 Å². The molecule has 0 spiro atoms. The number of hydrogen-bond acceptors (Lipinski definition) is 3. The zero-order valence-electron chi connectivity index (χ0n) is 6.60. The highest BCUT2D eigenvalue weighted by molar-refractivity contribution is 7.90. The van der Waals surface area contributed by atoms with Crippen LogP contribution in [-0.4, -0.2) is 19.2 Å². The van der Waals surface area contributed by atoms with Crippen LogP contribution in [0.4, 0.5) is 0 Å². The van der Waals surface area contributed by atoms with Crippen molar-refractivity contribution >= 4 is 9.84 Å². The van der Waals surface area contributed by atoms with Gasteiger partial charge in [0, 0.05) is 12.4 Å². The Morgan fingerprint density at radius 1 is 1.50 bits per heavy atom. The van der Waals surface area contributed by atoms with Gasteiger partial charge in [-0.3, -0.25) is 4.98 Å². The summed E-state index contributed by atoms with van der Waals surface area (Å²) in [6.45, 7) is 3.35. The van der Waals surface area contributed by atoms with Gasteiger partial charge in [0.05, 0.1) is 11.5 Å². The van der Waals surface area contributed by atoms with Crippen LogP contribution in [0.15, 0.2) is 24.5 Å². The minimum Gasteiger partial charge on any atom is -0.264 e. The Labute approximate surface area is 72.4 Å². The second kappa shape index (κ2) is 3.67. The zero-order chi connectivity index (χ0) is 9.03. The van der Waals surface area contributed by atoms with Crippen molar-refractivity contribution in [2.45, 2.75) is 5.75 Å². The predicted octanol–water partition coefficient (Wildman–Crippen LogP) is 0.830. The average Bonchev–Trinajstić information content (AvgIpc) is 2.06. The predicted molar refractivity (Wildman–Crippen MR) is 47.1 cm³/mol. The maximum Gasteiger partial charge on any atom is 0.154 e. The van der Waals surface area contributed by atoms with E-state index in [0.29, 0.717) is 5.56 Å². The third kappa shape index (κ3) is 2.62. The van der Waals surface area contributed by atoms with Gasteiger partial charge in [0.15, 0.2) is 9.84 Å². The second-order valence-electron chi connectivity index (χ2n) is 2.45. The third-order valence-electron chi connectivity index (χ3n) is 1.42. The smallest absolute Gasteiger partial charge is 0.154 e. The summed E-state index contributed by atoms with van der Waals surface area (Å²) in [4.78, 5) is 3.82. The van der Waals surface area contributed by atoms with Gasteiger partial charge in [-0.05, 0) is 18.6 Å². The van der Waals surface area contributed by atoms with Crippen molar-refractivity contribution in [3.05, 3.63) is 37.0 Å². The lowest BCUT2D eigenvalue weighted by Crippen LogP contribution is -2.06. The summed E-state index contributed by atoms with van der Waals surface area (Å²) in [5, 5.41) is 0. The minimum atomic E-state index is -3.02. The molecular weight excluding hydrogens is 174 g/mol. The van der Waals surface area contributed by atoms with Crippen molar-refractivity contribution in [3.8, 4) is 0 Å². The molecule has 0 saturated heterocycles. The summed E-state index contributed by atoms with van der Waals surface area (Å²) in [7, 11) is -3.02. The van der Waals surface area contributed by atoms with Crippen LogP contribution >= 0.6 is 0 Å². The Morgan fingerprint density at radius 2 is 2.25 bits per heavy atom. The minimum absolute atomic E-state index is 0.0321. The Hall–Kier alpha value is -0.900. The van der Waals surface area contributed by atoms with Crippen LogP contribution in [0, 0.1) is 6.92 Å². The molecule has 12 heavy (non-hydrogen) atoms. The monoisotopic (exact) mass is 184 g/mol. The first kappa shape index (κ1) is 9.19. The molecule has 1 rings (SSSR count). The van der Waals surface area contributed by atoms with Crippen LogP contribution in [0.3, 0.4) is 0 Å². The van der Waals surface area contributed by atoms with Crippen LogP contribution in [0.5, 0.6) is 0 Å². The van der Waals surface area contributed by atoms with E-state index < -0.39 is 9.84 Å². The molecule has 0 fully saturated rings. The number of sulfone groups is 1. The molecule has 0 saturated carbocycles. The first-order valence-electron chi connectivity index (χ1n) is 3.52. The molecule has 0 N–H and O–H groups in total. The van der Waals surface area contributed by atoms with Crippen LogP contribution in [0.25, 0.3) is 0 Å². The quantitative estimate of drug-likeness (QED) is 0.699. The van der Waals surface area contributed by atoms with Gasteiger partial charge in [-0.15, -0.1) is 0 Å². The van der Waals surface area contributed by atoms with Crippen molar-refractivity contribution in [2.24, 2.45) is 0 Å². The normalized spacial score (nSPS) is 11.4. The molecule has 1 aromatic rings. The van der Waals surface area contributed by atoms with Gasteiger partial charge >= 0.3 is 0 Å². The van der Waals surface area contributed by atoms with Gasteiger partial charge in [0.2, 0.25) is 0 Å². The highest BCUT2D eigenvalue weighted by atomic mass is 32.2. The zero-order valence-corrected chi connectivity index (χ0v) is 7.42. The number of nitrogens with zero attached hydrogens (tertiary/aromatic N) is 1. The van der Waals surface area contributed by atoms with Crippen molar-refractivity contribution in [3.63, 3.8) is 0 Å². The van der Waals surface area contributed by atoms with Gasteiger partial charge in [0.1, 0.15) is 0 Å². The lowest BCUT2D eigenvalue weighted by Gasteiger charge is -1.99. The highest BCUT2D eigenvalue weighted by Gasteiger charge is 2.07. The largest absolute Gasteiger partial charge is 0.264 e. The summed E-state index contributed by atoms with van der Waals surface area (Å²) in [6.07, 6.45) is 3.16. The van der Waals surface area contributed by atoms with Gasteiger partial charge in [-0.25, -0.2) is 8.42 Å². The molecule has 1 heterocycles. The van der Waals surface area contributed by atoms with Gasteiger partial charge in [-0.1, -0.05) is 6.07 Å². The molecule has 3 nitrogen and oxygen atoms in total. The molecular formula is C8H10NO2S. The van der Waals surface area contributed by atoms with E-state index in [1.54, 1.807) is 24.5 Å². The first-order chi connectivity index (χ1) is 5.64. The van der Waals surface area contributed by atoms with E-state index in [-0.39, 0.29) is 11.5 Å². The summed E-state index contributed by atoms with van der Waals surface area (Å²) < 4.78 is 22.2. The van der Waals surface area contributed by atoms with E-state index in [4.69, 9.17) is 0 Å². The Kier molecular flexibility index (Phi) is 2.81. The van der Waals surface area contributed by atoms with Crippen molar-refractivity contribution in [1.29, 1.82) is 0 Å². The number of rotatable bonds is 3. The third-order valence-corrected chi connectivity index (χ3v) is 2.82. The van der Waals surface area contributed by atoms with Crippen molar-refractivity contribution in [1.82, 2.24) is 4.98 Å². The lowest BCUT2D eigenvalue weighted by molar-refractivity contribution is 0.598. The lowest BCUT2D eigenvalue weighted by atomic mass is 10.3. The molecule has 65 valence electrons. The molecule has 0 unspecified atom stereocenters. The number of aromatic nitrogens is 1. The van der Waals surface area contributed by atoms with E-state index >= 15 is 0 Å². The Balaban J connectivity index is 2.78. The SMILES string of the molecule is [CH2]CS(=O)(=O)Cc1cccnc1. The molecule has 0 aliphatic rings. The fourth-order valence-electron chi connectivity index (χ4n) is 0.810. The fraction of sp³-hybridized carbons (Fsp3) is 0.250. The number of pyridine rings is 1. The molecule has 0 aliphatic carbocycles. The highest BCUT2D eigenvalue weighted by Crippen LogP contribution is 2.03. The molecule has 1 aromatic heterocycles. The Bertz CT molecular complexity index is 331.